The van der Waals surface area contributed by atoms with Crippen LogP contribution in [0.3, 0.4) is 0 Å². The summed E-state index contributed by atoms with van der Waals surface area (Å²) in [5.41, 5.74) is 0.893. The summed E-state index contributed by atoms with van der Waals surface area (Å²) in [6.45, 7) is 26.8. The first-order chi connectivity index (χ1) is 13.9. The van der Waals surface area contributed by atoms with E-state index in [2.05, 4.69) is 36.9 Å². The first kappa shape index (κ1) is 31.6. The Kier molecular flexibility index (Phi) is 28.3. The number of carbonyl (C=O) groups is 1. The van der Waals surface area contributed by atoms with Gasteiger partial charge in [-0.3, -0.25) is 0 Å². The van der Waals surface area contributed by atoms with Gasteiger partial charge < -0.3 is 15.0 Å². The lowest BCUT2D eigenvalue weighted by atomic mass is 10.1. The number of nitrogens with zero attached hydrogens (tertiary/aromatic N) is 1. The van der Waals surface area contributed by atoms with Crippen LogP contribution in [0.25, 0.3) is 0 Å². The van der Waals surface area contributed by atoms with Crippen molar-refractivity contribution in [1.82, 2.24) is 10.2 Å². The summed E-state index contributed by atoms with van der Waals surface area (Å²) >= 11 is 0. The highest BCUT2D eigenvalue weighted by Gasteiger charge is 2.07. The second-order valence-corrected chi connectivity index (χ2v) is 6.24. The standard InChI is InChI=1S/C12H17NO2.C8H17N.C3H6.C2H6/c1-5-9-13-12(14)15-11(6-2)8-7-10(3)4;1-2-6-9-7-4-3-5-8-9;1-3-2;1-2/h5-8H,1,3,9H2,2,4H3,(H,13,14);2-8H2,1H3;3H,1H2,2H3;1-2H3/b8-7-,11-6+;;;. The van der Waals surface area contributed by atoms with E-state index in [1.807, 2.05) is 27.7 Å². The normalized spacial score (nSPS) is 13.4. The third kappa shape index (κ3) is 25.9. The van der Waals surface area contributed by atoms with E-state index in [1.54, 1.807) is 37.3 Å². The summed E-state index contributed by atoms with van der Waals surface area (Å²) in [4.78, 5) is 13.7. The SMILES string of the molecule is C=CC.C=CCNC(=O)OC(/C=C\C(=C)C)=C/C.CC.CCCN1CCCCC1. The number of hydrogen-bond acceptors (Lipinski definition) is 3. The number of likely N-dealkylation sites (tertiary alicyclic amines) is 1. The number of nitrogens with one attached hydrogen (secondary N) is 1. The lowest BCUT2D eigenvalue weighted by Gasteiger charge is -2.25. The molecule has 1 fully saturated rings. The second kappa shape index (κ2) is 25.9. The van der Waals surface area contributed by atoms with Gasteiger partial charge in [0.1, 0.15) is 5.76 Å². The van der Waals surface area contributed by atoms with Gasteiger partial charge in [-0.05, 0) is 71.8 Å². The first-order valence-electron chi connectivity index (χ1n) is 10.8. The maximum absolute atomic E-state index is 11.1. The molecule has 0 radical (unpaired) electrons. The number of piperidine rings is 1. The molecule has 0 unspecified atom stereocenters. The van der Waals surface area contributed by atoms with Gasteiger partial charge in [0.2, 0.25) is 0 Å². The fraction of sp³-hybridized carbons (Fsp3) is 0.560. The number of alkyl carbamates (subject to hydrolysis) is 1. The monoisotopic (exact) mass is 406 g/mol. The number of allylic oxidation sites excluding steroid dienone is 5. The van der Waals surface area contributed by atoms with E-state index in [1.165, 1.54) is 45.3 Å². The van der Waals surface area contributed by atoms with Crippen molar-refractivity contribution in [2.24, 2.45) is 0 Å². The van der Waals surface area contributed by atoms with Crippen LogP contribution in [0.5, 0.6) is 0 Å². The van der Waals surface area contributed by atoms with Crippen molar-refractivity contribution in [3.05, 3.63) is 61.4 Å². The van der Waals surface area contributed by atoms with E-state index in [4.69, 9.17) is 4.74 Å². The Morgan fingerprint density at radius 3 is 2.07 bits per heavy atom. The quantitative estimate of drug-likeness (QED) is 0.280. The van der Waals surface area contributed by atoms with Crippen molar-refractivity contribution in [2.45, 2.75) is 67.2 Å². The van der Waals surface area contributed by atoms with Gasteiger partial charge in [0.15, 0.2) is 0 Å². The minimum atomic E-state index is -0.491. The van der Waals surface area contributed by atoms with Crippen molar-refractivity contribution in [3.8, 4) is 0 Å². The molecule has 4 nitrogen and oxygen atoms in total. The van der Waals surface area contributed by atoms with Gasteiger partial charge >= 0.3 is 6.09 Å². The zero-order valence-electron chi connectivity index (χ0n) is 19.9. The average Bonchev–Trinajstić information content (AvgIpc) is 2.73. The lowest BCUT2D eigenvalue weighted by Crippen LogP contribution is -2.30. The van der Waals surface area contributed by atoms with Gasteiger partial charge in [-0.25, -0.2) is 4.79 Å². The third-order valence-corrected chi connectivity index (χ3v) is 3.41. The lowest BCUT2D eigenvalue weighted by molar-refractivity contribution is 0.180. The third-order valence-electron chi connectivity index (χ3n) is 3.41. The molecule has 1 heterocycles. The maximum atomic E-state index is 11.1. The summed E-state index contributed by atoms with van der Waals surface area (Å²) in [5, 5.41) is 2.51. The molecule has 0 atom stereocenters. The Morgan fingerprint density at radius 2 is 1.66 bits per heavy atom. The Hall–Kier alpha value is -2.07. The Labute approximate surface area is 181 Å². The summed E-state index contributed by atoms with van der Waals surface area (Å²) in [6.07, 6.45) is 13.6. The molecule has 1 rings (SSSR count). The molecule has 0 aromatic carbocycles. The minimum absolute atomic E-state index is 0.389. The van der Waals surface area contributed by atoms with Gasteiger partial charge in [0.05, 0.1) is 0 Å². The van der Waals surface area contributed by atoms with Crippen LogP contribution in [-0.4, -0.2) is 37.2 Å². The van der Waals surface area contributed by atoms with Crippen LogP contribution in [-0.2, 0) is 4.74 Å². The molecule has 168 valence electrons. The van der Waals surface area contributed by atoms with Crippen molar-refractivity contribution in [1.29, 1.82) is 0 Å². The molecule has 29 heavy (non-hydrogen) atoms. The van der Waals surface area contributed by atoms with Gasteiger partial charge in [-0.15, -0.1) is 13.2 Å². The van der Waals surface area contributed by atoms with Gasteiger partial charge in [-0.2, -0.15) is 0 Å². The summed E-state index contributed by atoms with van der Waals surface area (Å²) in [6, 6.07) is 0. The molecular formula is C25H46N2O2. The molecule has 1 saturated heterocycles. The molecule has 1 aliphatic rings. The molecule has 1 aliphatic heterocycles. The highest BCUT2D eigenvalue weighted by molar-refractivity contribution is 5.69. The fourth-order valence-corrected chi connectivity index (χ4v) is 2.21. The maximum Gasteiger partial charge on any atom is 0.412 e. The fourth-order valence-electron chi connectivity index (χ4n) is 2.21. The van der Waals surface area contributed by atoms with E-state index in [9.17, 15) is 4.79 Å². The molecule has 0 aromatic heterocycles. The van der Waals surface area contributed by atoms with E-state index in [0.717, 1.165) is 5.57 Å². The number of amides is 1. The van der Waals surface area contributed by atoms with Crippen LogP contribution in [0.4, 0.5) is 4.79 Å². The van der Waals surface area contributed by atoms with Crippen molar-refractivity contribution < 1.29 is 9.53 Å². The van der Waals surface area contributed by atoms with Crippen LogP contribution in [0.15, 0.2) is 61.4 Å². The smallest absolute Gasteiger partial charge is 0.411 e. The molecule has 1 amide bonds. The zero-order valence-corrected chi connectivity index (χ0v) is 19.9. The van der Waals surface area contributed by atoms with Crippen LogP contribution in [0, 0.1) is 0 Å². The largest absolute Gasteiger partial charge is 0.412 e. The van der Waals surface area contributed by atoms with E-state index in [-0.39, 0.29) is 0 Å². The Bertz CT molecular complexity index is 470. The predicted molar refractivity (Wildman–Crippen MR) is 130 cm³/mol. The van der Waals surface area contributed by atoms with Crippen LogP contribution >= 0.6 is 0 Å². The number of rotatable bonds is 7. The topological polar surface area (TPSA) is 41.6 Å². The molecular weight excluding hydrogens is 360 g/mol. The summed E-state index contributed by atoms with van der Waals surface area (Å²) in [7, 11) is 0. The summed E-state index contributed by atoms with van der Waals surface area (Å²) < 4.78 is 4.99. The molecule has 0 saturated carbocycles. The molecule has 0 aromatic rings. The number of ether oxygens (including phenoxy) is 1. The highest BCUT2D eigenvalue weighted by atomic mass is 16.6. The zero-order chi connectivity index (χ0) is 22.9. The Balaban J connectivity index is -0.000000407. The van der Waals surface area contributed by atoms with Crippen LogP contribution in [0.2, 0.25) is 0 Å². The highest BCUT2D eigenvalue weighted by Crippen LogP contribution is 2.08. The molecule has 4 heteroatoms. The van der Waals surface area contributed by atoms with E-state index < -0.39 is 6.09 Å². The van der Waals surface area contributed by atoms with Crippen molar-refractivity contribution in [2.75, 3.05) is 26.2 Å². The van der Waals surface area contributed by atoms with Crippen molar-refractivity contribution >= 4 is 6.09 Å². The van der Waals surface area contributed by atoms with Crippen LogP contribution in [0.1, 0.15) is 67.2 Å². The predicted octanol–water partition coefficient (Wildman–Crippen LogP) is 7.04. The average molecular weight is 407 g/mol. The van der Waals surface area contributed by atoms with Crippen LogP contribution < -0.4 is 5.32 Å². The second-order valence-electron chi connectivity index (χ2n) is 6.24. The van der Waals surface area contributed by atoms with Gasteiger partial charge in [-0.1, -0.05) is 57.6 Å². The molecule has 0 aliphatic carbocycles. The van der Waals surface area contributed by atoms with E-state index >= 15 is 0 Å². The van der Waals surface area contributed by atoms with Gasteiger partial charge in [0, 0.05) is 6.54 Å². The molecule has 0 bridgehead atoms. The Morgan fingerprint density at radius 1 is 1.10 bits per heavy atom. The summed E-state index contributed by atoms with van der Waals surface area (Å²) in [5.74, 6) is 0.486. The number of hydrogen-bond donors (Lipinski definition) is 1. The number of carbonyl (C=O) groups excluding carboxylic acids is 1. The van der Waals surface area contributed by atoms with E-state index in [0.29, 0.717) is 12.3 Å². The van der Waals surface area contributed by atoms with Gasteiger partial charge in [0.25, 0.3) is 0 Å². The minimum Gasteiger partial charge on any atom is -0.411 e. The molecule has 0 spiro atoms. The molecule has 1 N–H and O–H groups in total. The first-order valence-corrected chi connectivity index (χ1v) is 10.8. The van der Waals surface area contributed by atoms with Crippen molar-refractivity contribution in [3.63, 3.8) is 0 Å².